The van der Waals surface area contributed by atoms with E-state index in [4.69, 9.17) is 0 Å². The lowest BCUT2D eigenvalue weighted by molar-refractivity contribution is -0.115. The molecule has 0 bridgehead atoms. The number of amides is 1. The van der Waals surface area contributed by atoms with E-state index >= 15 is 0 Å². The number of sulfonamides is 1. The normalized spacial score (nSPS) is 12.2. The summed E-state index contributed by atoms with van der Waals surface area (Å²) in [7, 11) is -3.94. The molecule has 0 saturated heterocycles. The number of para-hydroxylation sites is 1. The summed E-state index contributed by atoms with van der Waals surface area (Å²) in [5.74, 6) is -0.858. The summed E-state index contributed by atoms with van der Waals surface area (Å²) < 4.78 is 40.8. The first kappa shape index (κ1) is 20.9. The van der Waals surface area contributed by atoms with Crippen LogP contribution in [0.1, 0.15) is 6.92 Å². The SMILES string of the molecule is C[C@@H](Sc1ccccc1)C(=O)Nc1ccc(S(=O)(=O)Nc2ccccc2F)cc1. The fraction of sp³-hybridized carbons (Fsp3) is 0.0952. The monoisotopic (exact) mass is 430 g/mol. The minimum absolute atomic E-state index is 0.0366. The van der Waals surface area contributed by atoms with Crippen molar-refractivity contribution in [1.82, 2.24) is 0 Å². The van der Waals surface area contributed by atoms with Crippen molar-refractivity contribution in [2.45, 2.75) is 22.0 Å². The minimum atomic E-state index is -3.94. The zero-order valence-corrected chi connectivity index (χ0v) is 17.1. The van der Waals surface area contributed by atoms with Gasteiger partial charge in [-0.1, -0.05) is 30.3 Å². The lowest BCUT2D eigenvalue weighted by Crippen LogP contribution is -2.22. The van der Waals surface area contributed by atoms with Crippen LogP contribution in [0.15, 0.2) is 88.7 Å². The first-order chi connectivity index (χ1) is 13.8. The third kappa shape index (κ3) is 5.58. The Morgan fingerprint density at radius 1 is 0.931 bits per heavy atom. The largest absolute Gasteiger partial charge is 0.325 e. The summed E-state index contributed by atoms with van der Waals surface area (Å²) >= 11 is 1.43. The van der Waals surface area contributed by atoms with Crippen LogP contribution in [0.25, 0.3) is 0 Å². The second kappa shape index (κ2) is 9.11. The van der Waals surface area contributed by atoms with Crippen LogP contribution in [0.5, 0.6) is 0 Å². The molecule has 0 heterocycles. The molecule has 1 amide bonds. The van der Waals surface area contributed by atoms with Gasteiger partial charge in [0, 0.05) is 10.6 Å². The van der Waals surface area contributed by atoms with Crippen LogP contribution in [-0.2, 0) is 14.8 Å². The summed E-state index contributed by atoms with van der Waals surface area (Å²) in [4.78, 5) is 13.3. The molecule has 0 spiro atoms. The molecule has 1 atom stereocenters. The summed E-state index contributed by atoms with van der Waals surface area (Å²) in [6.07, 6.45) is 0. The van der Waals surface area contributed by atoms with Crippen LogP contribution in [0.3, 0.4) is 0 Å². The Hall–Kier alpha value is -2.84. The quantitative estimate of drug-likeness (QED) is 0.531. The fourth-order valence-electron chi connectivity index (χ4n) is 2.47. The highest BCUT2D eigenvalue weighted by molar-refractivity contribution is 8.00. The molecule has 8 heteroatoms. The maximum Gasteiger partial charge on any atom is 0.261 e. The van der Waals surface area contributed by atoms with Crippen LogP contribution < -0.4 is 10.0 Å². The number of carbonyl (C=O) groups excluding carboxylic acids is 1. The highest BCUT2D eigenvalue weighted by atomic mass is 32.2. The van der Waals surface area contributed by atoms with Crippen LogP contribution in [0.2, 0.25) is 0 Å². The highest BCUT2D eigenvalue weighted by Gasteiger charge is 2.17. The predicted octanol–water partition coefficient (Wildman–Crippen LogP) is 4.75. The molecule has 0 aromatic heterocycles. The molecule has 0 radical (unpaired) electrons. The third-order valence-electron chi connectivity index (χ3n) is 3.98. The van der Waals surface area contributed by atoms with Crippen molar-refractivity contribution in [1.29, 1.82) is 0 Å². The van der Waals surface area contributed by atoms with Crippen LogP contribution >= 0.6 is 11.8 Å². The van der Waals surface area contributed by atoms with Crippen molar-refractivity contribution in [2.75, 3.05) is 10.0 Å². The van der Waals surface area contributed by atoms with Gasteiger partial charge in [0.05, 0.1) is 15.8 Å². The molecule has 3 aromatic carbocycles. The van der Waals surface area contributed by atoms with E-state index in [1.54, 1.807) is 6.92 Å². The lowest BCUT2D eigenvalue weighted by Gasteiger charge is -2.13. The van der Waals surface area contributed by atoms with Gasteiger partial charge in [-0.05, 0) is 55.5 Å². The number of rotatable bonds is 7. The van der Waals surface area contributed by atoms with E-state index in [1.165, 1.54) is 60.3 Å². The molecule has 0 aliphatic carbocycles. The number of benzene rings is 3. The summed E-state index contributed by atoms with van der Waals surface area (Å²) in [5.41, 5.74) is 0.344. The molecule has 0 saturated carbocycles. The van der Waals surface area contributed by atoms with Crippen molar-refractivity contribution < 1.29 is 17.6 Å². The summed E-state index contributed by atoms with van der Waals surface area (Å²) in [6.45, 7) is 1.80. The van der Waals surface area contributed by atoms with Gasteiger partial charge in [0.1, 0.15) is 5.82 Å². The zero-order valence-electron chi connectivity index (χ0n) is 15.5. The number of anilines is 2. The van der Waals surface area contributed by atoms with E-state index in [0.29, 0.717) is 5.69 Å². The maximum absolute atomic E-state index is 13.7. The maximum atomic E-state index is 13.7. The second-order valence-corrected chi connectivity index (χ2v) is 9.27. The molecule has 0 aliphatic heterocycles. The van der Waals surface area contributed by atoms with E-state index in [0.717, 1.165) is 4.90 Å². The van der Waals surface area contributed by atoms with Gasteiger partial charge in [-0.15, -0.1) is 11.8 Å². The molecular formula is C21H19FN2O3S2. The molecule has 2 N–H and O–H groups in total. The van der Waals surface area contributed by atoms with Crippen LogP contribution in [0, 0.1) is 5.82 Å². The Morgan fingerprint density at radius 2 is 1.55 bits per heavy atom. The Balaban J connectivity index is 1.65. The van der Waals surface area contributed by atoms with Crippen molar-refractivity contribution in [3.63, 3.8) is 0 Å². The Bertz CT molecular complexity index is 1090. The number of carbonyl (C=O) groups is 1. The van der Waals surface area contributed by atoms with Gasteiger partial charge in [0.25, 0.3) is 10.0 Å². The predicted molar refractivity (Wildman–Crippen MR) is 114 cm³/mol. The first-order valence-electron chi connectivity index (χ1n) is 8.75. The third-order valence-corrected chi connectivity index (χ3v) is 6.47. The second-order valence-electron chi connectivity index (χ2n) is 6.17. The number of hydrogen-bond donors (Lipinski definition) is 2. The lowest BCUT2D eigenvalue weighted by atomic mass is 10.3. The van der Waals surface area contributed by atoms with Crippen molar-refractivity contribution in [3.05, 3.63) is 84.7 Å². The van der Waals surface area contributed by atoms with E-state index in [2.05, 4.69) is 10.0 Å². The molecule has 5 nitrogen and oxygen atoms in total. The molecule has 29 heavy (non-hydrogen) atoms. The number of hydrogen-bond acceptors (Lipinski definition) is 4. The van der Waals surface area contributed by atoms with Gasteiger partial charge in [-0.25, -0.2) is 12.8 Å². The molecular weight excluding hydrogens is 411 g/mol. The minimum Gasteiger partial charge on any atom is -0.325 e. The number of thioether (sulfide) groups is 1. The van der Waals surface area contributed by atoms with Gasteiger partial charge in [-0.2, -0.15) is 0 Å². The summed E-state index contributed by atoms with van der Waals surface area (Å²) in [5, 5.41) is 2.43. The van der Waals surface area contributed by atoms with Crippen molar-refractivity contribution in [2.24, 2.45) is 0 Å². The van der Waals surface area contributed by atoms with Gasteiger partial charge >= 0.3 is 0 Å². The van der Waals surface area contributed by atoms with Crippen molar-refractivity contribution >= 4 is 39.1 Å². The molecule has 150 valence electrons. The first-order valence-corrected chi connectivity index (χ1v) is 11.1. The topological polar surface area (TPSA) is 75.3 Å². The highest BCUT2D eigenvalue weighted by Crippen LogP contribution is 2.24. The van der Waals surface area contributed by atoms with Gasteiger partial charge < -0.3 is 5.32 Å². The van der Waals surface area contributed by atoms with Crippen molar-refractivity contribution in [3.8, 4) is 0 Å². The number of halogens is 1. The van der Waals surface area contributed by atoms with Crippen LogP contribution in [-0.4, -0.2) is 19.6 Å². The zero-order chi connectivity index (χ0) is 20.9. The molecule has 0 unspecified atom stereocenters. The molecule has 0 aliphatic rings. The Kier molecular flexibility index (Phi) is 6.56. The fourth-order valence-corrected chi connectivity index (χ4v) is 4.42. The van der Waals surface area contributed by atoms with E-state index < -0.39 is 15.8 Å². The Morgan fingerprint density at radius 3 is 2.21 bits per heavy atom. The average molecular weight is 431 g/mol. The van der Waals surface area contributed by atoms with Gasteiger partial charge in [-0.3, -0.25) is 9.52 Å². The smallest absolute Gasteiger partial charge is 0.261 e. The summed E-state index contributed by atoms with van der Waals surface area (Å²) in [6, 6.07) is 20.8. The standard InChI is InChI=1S/C21H19FN2O3S2/c1-15(28-17-7-3-2-4-8-17)21(25)23-16-11-13-18(14-12-16)29(26,27)24-20-10-6-5-9-19(20)22/h2-15,24H,1H3,(H,23,25)/t15-/m1/s1. The Labute approximate surface area is 173 Å². The van der Waals surface area contributed by atoms with Crippen LogP contribution in [0.4, 0.5) is 15.8 Å². The van der Waals surface area contributed by atoms with E-state index in [-0.39, 0.29) is 21.7 Å². The molecule has 3 rings (SSSR count). The van der Waals surface area contributed by atoms with Gasteiger partial charge in [0.15, 0.2) is 0 Å². The number of nitrogens with one attached hydrogen (secondary N) is 2. The van der Waals surface area contributed by atoms with E-state index in [9.17, 15) is 17.6 Å². The van der Waals surface area contributed by atoms with Gasteiger partial charge in [0.2, 0.25) is 5.91 Å². The molecule has 3 aromatic rings. The average Bonchev–Trinajstić information content (AvgIpc) is 2.71. The van der Waals surface area contributed by atoms with E-state index in [1.807, 2.05) is 30.3 Å². The molecule has 0 fully saturated rings.